The summed E-state index contributed by atoms with van der Waals surface area (Å²) in [5.74, 6) is 0.830. The average molecular weight is 285 g/mol. The van der Waals surface area contributed by atoms with Crippen molar-refractivity contribution in [3.63, 3.8) is 0 Å². The van der Waals surface area contributed by atoms with Gasteiger partial charge in [0, 0.05) is 0 Å². The lowest BCUT2D eigenvalue weighted by molar-refractivity contribution is 0.218. The summed E-state index contributed by atoms with van der Waals surface area (Å²) in [4.78, 5) is 0. The lowest BCUT2D eigenvalue weighted by Gasteiger charge is -2.16. The topological polar surface area (TPSA) is 44.8 Å². The number of rotatable bonds is 10. The standard InChI is InChI=1S/C14H22O4P/c1-3-17-19(15,18-4-2)13-9-8-12-16-14-10-6-5-7-11-14/h6-7,10-11H,3-4,8-9,12-13H2,1-2H3. The molecule has 1 radical (unpaired) electrons. The van der Waals surface area contributed by atoms with Gasteiger partial charge in [-0.25, -0.2) is 0 Å². The van der Waals surface area contributed by atoms with Crippen molar-refractivity contribution in [1.29, 1.82) is 0 Å². The molecule has 0 spiro atoms. The van der Waals surface area contributed by atoms with Gasteiger partial charge in [-0.05, 0) is 44.9 Å². The quantitative estimate of drug-likeness (QED) is 0.483. The Morgan fingerprint density at radius 3 is 2.32 bits per heavy atom. The molecule has 0 saturated carbocycles. The van der Waals surface area contributed by atoms with Crippen LogP contribution >= 0.6 is 7.60 Å². The Morgan fingerprint density at radius 2 is 1.74 bits per heavy atom. The minimum Gasteiger partial charge on any atom is -0.494 e. The third-order valence-corrected chi connectivity index (χ3v) is 4.60. The van der Waals surface area contributed by atoms with Crippen LogP contribution in [0, 0.1) is 6.07 Å². The van der Waals surface area contributed by atoms with Crippen LogP contribution in [-0.2, 0) is 13.6 Å². The van der Waals surface area contributed by atoms with Crippen molar-refractivity contribution in [1.82, 2.24) is 0 Å². The molecule has 19 heavy (non-hydrogen) atoms. The molecule has 0 aliphatic rings. The van der Waals surface area contributed by atoms with Crippen molar-refractivity contribution in [3.8, 4) is 5.75 Å². The zero-order valence-corrected chi connectivity index (χ0v) is 12.5. The Bertz CT molecular complexity index is 370. The minimum atomic E-state index is -2.89. The highest BCUT2D eigenvalue weighted by atomic mass is 31.2. The van der Waals surface area contributed by atoms with E-state index in [0.29, 0.717) is 26.0 Å². The van der Waals surface area contributed by atoms with Gasteiger partial charge in [0.05, 0.1) is 26.0 Å². The highest BCUT2D eigenvalue weighted by Gasteiger charge is 2.22. The molecule has 0 amide bonds. The van der Waals surface area contributed by atoms with Crippen LogP contribution in [0.4, 0.5) is 0 Å². The van der Waals surface area contributed by atoms with Crippen LogP contribution in [0.2, 0.25) is 0 Å². The third kappa shape index (κ3) is 6.76. The molecule has 0 aliphatic carbocycles. The Kier molecular flexibility index (Phi) is 7.80. The molecule has 0 fully saturated rings. The van der Waals surface area contributed by atoms with Crippen LogP contribution < -0.4 is 4.74 Å². The number of hydrogen-bond acceptors (Lipinski definition) is 4. The van der Waals surface area contributed by atoms with Crippen LogP contribution in [0.1, 0.15) is 26.7 Å². The van der Waals surface area contributed by atoms with Crippen molar-refractivity contribution in [3.05, 3.63) is 30.3 Å². The number of hydrogen-bond donors (Lipinski definition) is 0. The highest BCUT2D eigenvalue weighted by Crippen LogP contribution is 2.48. The summed E-state index contributed by atoms with van der Waals surface area (Å²) in [5.41, 5.74) is 0. The van der Waals surface area contributed by atoms with Crippen molar-refractivity contribution < 1.29 is 18.3 Å². The SMILES string of the molecule is CCOP(=O)(CCCCOc1cc[c]cc1)OCC. The molecular formula is C14H22O4P. The highest BCUT2D eigenvalue weighted by molar-refractivity contribution is 7.53. The first-order valence-electron chi connectivity index (χ1n) is 6.67. The molecule has 0 saturated heterocycles. The van der Waals surface area contributed by atoms with Gasteiger partial charge in [-0.2, -0.15) is 0 Å². The summed E-state index contributed by atoms with van der Waals surface area (Å²) in [6.07, 6.45) is 2.03. The molecule has 0 aromatic heterocycles. The first-order chi connectivity index (χ1) is 9.20. The zero-order chi connectivity index (χ0) is 14.0. The van der Waals surface area contributed by atoms with Crippen molar-refractivity contribution in [2.75, 3.05) is 26.0 Å². The molecule has 1 aromatic carbocycles. The molecule has 0 bridgehead atoms. The normalized spacial score (nSPS) is 11.5. The van der Waals surface area contributed by atoms with E-state index in [9.17, 15) is 4.57 Å². The Morgan fingerprint density at radius 1 is 1.11 bits per heavy atom. The minimum absolute atomic E-state index is 0.411. The number of ether oxygens (including phenoxy) is 1. The van der Waals surface area contributed by atoms with Gasteiger partial charge in [0.1, 0.15) is 5.75 Å². The molecule has 4 nitrogen and oxygen atoms in total. The molecule has 0 N–H and O–H groups in total. The summed E-state index contributed by atoms with van der Waals surface area (Å²) in [6, 6.07) is 10.3. The predicted octanol–water partition coefficient (Wildman–Crippen LogP) is 3.91. The lowest BCUT2D eigenvalue weighted by atomic mass is 10.3. The second-order valence-corrected chi connectivity index (χ2v) is 6.15. The first kappa shape index (κ1) is 16.2. The van der Waals surface area contributed by atoms with E-state index < -0.39 is 7.60 Å². The van der Waals surface area contributed by atoms with Crippen molar-refractivity contribution in [2.45, 2.75) is 26.7 Å². The summed E-state index contributed by atoms with van der Waals surface area (Å²) >= 11 is 0. The van der Waals surface area contributed by atoms with Gasteiger partial charge in [-0.15, -0.1) is 0 Å². The third-order valence-electron chi connectivity index (χ3n) is 2.43. The Balaban J connectivity index is 2.20. The summed E-state index contributed by atoms with van der Waals surface area (Å²) in [6.45, 7) is 5.06. The Labute approximate surface area is 115 Å². The van der Waals surface area contributed by atoms with E-state index in [2.05, 4.69) is 6.07 Å². The fraction of sp³-hybridized carbons (Fsp3) is 0.571. The molecule has 0 aliphatic heterocycles. The van der Waals surface area contributed by atoms with Gasteiger partial charge in [-0.1, -0.05) is 12.1 Å². The van der Waals surface area contributed by atoms with Gasteiger partial charge in [0.2, 0.25) is 0 Å². The van der Waals surface area contributed by atoms with Crippen LogP contribution in [-0.4, -0.2) is 26.0 Å². The molecule has 1 rings (SSSR count). The van der Waals surface area contributed by atoms with E-state index in [1.807, 2.05) is 38.1 Å². The molecule has 5 heteroatoms. The molecule has 0 heterocycles. The maximum Gasteiger partial charge on any atom is 0.330 e. The monoisotopic (exact) mass is 285 g/mol. The van der Waals surface area contributed by atoms with Crippen LogP contribution in [0.15, 0.2) is 24.3 Å². The van der Waals surface area contributed by atoms with E-state index in [1.54, 1.807) is 0 Å². The zero-order valence-electron chi connectivity index (χ0n) is 11.6. The van der Waals surface area contributed by atoms with E-state index in [1.165, 1.54) is 0 Å². The lowest BCUT2D eigenvalue weighted by Crippen LogP contribution is -2.03. The second-order valence-electron chi connectivity index (χ2n) is 3.96. The molecule has 0 unspecified atom stereocenters. The van der Waals surface area contributed by atoms with Gasteiger partial charge < -0.3 is 13.8 Å². The fourth-order valence-electron chi connectivity index (χ4n) is 1.63. The largest absolute Gasteiger partial charge is 0.494 e. The van der Waals surface area contributed by atoms with Gasteiger partial charge >= 0.3 is 7.60 Å². The number of benzene rings is 1. The number of unbranched alkanes of at least 4 members (excludes halogenated alkanes) is 1. The van der Waals surface area contributed by atoms with E-state index in [4.69, 9.17) is 13.8 Å². The molecule has 0 atom stereocenters. The second kappa shape index (κ2) is 9.13. The Hall–Kier alpha value is -0.830. The van der Waals surface area contributed by atoms with Crippen molar-refractivity contribution in [2.24, 2.45) is 0 Å². The average Bonchev–Trinajstić information content (AvgIpc) is 2.40. The first-order valence-corrected chi connectivity index (χ1v) is 8.40. The summed E-state index contributed by atoms with van der Waals surface area (Å²) < 4.78 is 28.2. The van der Waals surface area contributed by atoms with Gasteiger partial charge in [-0.3, -0.25) is 4.57 Å². The van der Waals surface area contributed by atoms with E-state index >= 15 is 0 Å². The van der Waals surface area contributed by atoms with E-state index in [-0.39, 0.29) is 0 Å². The van der Waals surface area contributed by atoms with E-state index in [0.717, 1.165) is 18.6 Å². The maximum absolute atomic E-state index is 12.2. The van der Waals surface area contributed by atoms with Crippen LogP contribution in [0.3, 0.4) is 0 Å². The van der Waals surface area contributed by atoms with Crippen LogP contribution in [0.25, 0.3) is 0 Å². The fourth-order valence-corrected chi connectivity index (χ4v) is 3.36. The van der Waals surface area contributed by atoms with Gasteiger partial charge in [0.25, 0.3) is 0 Å². The van der Waals surface area contributed by atoms with Gasteiger partial charge in [0.15, 0.2) is 0 Å². The molecular weight excluding hydrogens is 263 g/mol. The summed E-state index contributed by atoms with van der Waals surface area (Å²) in [5, 5.41) is 0. The smallest absolute Gasteiger partial charge is 0.330 e. The molecule has 1 aromatic rings. The predicted molar refractivity (Wildman–Crippen MR) is 75.7 cm³/mol. The molecule has 107 valence electrons. The maximum atomic E-state index is 12.2. The van der Waals surface area contributed by atoms with Crippen LogP contribution in [0.5, 0.6) is 5.75 Å². The summed E-state index contributed by atoms with van der Waals surface area (Å²) in [7, 11) is -2.89. The van der Waals surface area contributed by atoms with Crippen molar-refractivity contribution >= 4 is 7.60 Å².